The number of carbonyl (C=O) groups is 4. The Hall–Kier alpha value is -0.920. The summed E-state index contributed by atoms with van der Waals surface area (Å²) in [5.41, 5.74) is 0. The van der Waals surface area contributed by atoms with E-state index in [2.05, 4.69) is 9.47 Å². The lowest BCUT2D eigenvalue weighted by molar-refractivity contribution is -0.135. The van der Waals surface area contributed by atoms with Crippen LogP contribution in [0.2, 0.25) is 0 Å². The van der Waals surface area contributed by atoms with Gasteiger partial charge in [-0.15, -0.1) is 0 Å². The molecule has 0 atom stereocenters. The van der Waals surface area contributed by atoms with E-state index in [1.165, 1.54) is 0 Å². The highest BCUT2D eigenvalue weighted by atomic mass is 127. The fraction of sp³-hybridized carbons (Fsp3) is 0.250. The first-order valence-electron chi connectivity index (χ1n) is 4.29. The molecule has 18 heavy (non-hydrogen) atoms. The molecule has 0 aliphatic rings. The van der Waals surface area contributed by atoms with E-state index < -0.39 is 24.1 Å². The summed E-state index contributed by atoms with van der Waals surface area (Å²) >= 11 is 3.47. The molecule has 2 amide bonds. The van der Waals surface area contributed by atoms with Gasteiger partial charge in [0, 0.05) is 12.4 Å². The minimum atomic E-state index is -0.980. The van der Waals surface area contributed by atoms with Gasteiger partial charge in [-0.05, 0) is 0 Å². The van der Waals surface area contributed by atoms with Gasteiger partial charge in [-0.2, -0.15) is 0 Å². The van der Waals surface area contributed by atoms with Crippen molar-refractivity contribution >= 4 is 69.3 Å². The third kappa shape index (κ3) is 9.15. The lowest BCUT2D eigenvalue weighted by Gasteiger charge is -2.00. The molecule has 0 heterocycles. The summed E-state index contributed by atoms with van der Waals surface area (Å²) in [6.07, 6.45) is 0.0647. The van der Waals surface area contributed by atoms with Gasteiger partial charge in [0.25, 0.3) is 0 Å². The van der Waals surface area contributed by atoms with Crippen molar-refractivity contribution in [1.29, 1.82) is 0 Å². The van der Waals surface area contributed by atoms with Gasteiger partial charge < -0.3 is 9.47 Å². The number of rotatable bonds is 4. The molecule has 0 bridgehead atoms. The second-order valence-corrected chi connectivity index (χ2v) is 3.94. The molecule has 0 aliphatic heterocycles. The number of hydrogen-bond acceptors (Lipinski definition) is 6. The average molecular weight is 482 g/mol. The van der Waals surface area contributed by atoms with Gasteiger partial charge in [0.1, 0.15) is 0 Å². The summed E-state index contributed by atoms with van der Waals surface area (Å²) in [7, 11) is 0. The van der Waals surface area contributed by atoms with E-state index in [0.717, 1.165) is 12.4 Å². The van der Waals surface area contributed by atoms with Gasteiger partial charge in [0.2, 0.25) is 0 Å². The van der Waals surface area contributed by atoms with Crippen molar-refractivity contribution < 1.29 is 28.7 Å². The molecule has 0 fully saturated rings. The Morgan fingerprint density at radius 3 is 1.44 bits per heavy atom. The van der Waals surface area contributed by atoms with Crippen LogP contribution in [0.4, 0.5) is 9.59 Å². The van der Waals surface area contributed by atoms with Crippen LogP contribution >= 0.6 is 45.2 Å². The van der Waals surface area contributed by atoms with Gasteiger partial charge in [-0.3, -0.25) is 20.2 Å². The molecule has 10 heteroatoms. The molecule has 0 aliphatic carbocycles. The highest BCUT2D eigenvalue weighted by Crippen LogP contribution is 1.88. The maximum atomic E-state index is 10.9. The predicted molar refractivity (Wildman–Crippen MR) is 76.2 cm³/mol. The van der Waals surface area contributed by atoms with Crippen LogP contribution in [-0.2, 0) is 19.1 Å². The average Bonchev–Trinajstić information content (AvgIpc) is 2.34. The van der Waals surface area contributed by atoms with Crippen LogP contribution in [0.15, 0.2) is 12.4 Å². The number of amides is 2. The summed E-state index contributed by atoms with van der Waals surface area (Å²) in [4.78, 5) is 43.1. The van der Waals surface area contributed by atoms with E-state index in [1.54, 1.807) is 45.2 Å². The van der Waals surface area contributed by atoms with Gasteiger partial charge in [-0.25, -0.2) is 9.59 Å². The van der Waals surface area contributed by atoms with Crippen molar-refractivity contribution in [2.45, 2.75) is 0 Å². The van der Waals surface area contributed by atoms with E-state index in [9.17, 15) is 19.2 Å². The zero-order valence-corrected chi connectivity index (χ0v) is 13.1. The lowest BCUT2D eigenvalue weighted by atomic mass is 10.8. The molecular weight excluding hydrogens is 474 g/mol. The van der Waals surface area contributed by atoms with Gasteiger partial charge >= 0.3 is 24.1 Å². The Balaban J connectivity index is 3.83. The van der Waals surface area contributed by atoms with Crippen LogP contribution in [0.25, 0.3) is 0 Å². The molecule has 0 radical (unpaired) electrons. The maximum absolute atomic E-state index is 10.9. The Bertz CT molecular complexity index is 337. The van der Waals surface area contributed by atoms with Crippen LogP contribution in [0.1, 0.15) is 0 Å². The van der Waals surface area contributed by atoms with Crippen LogP contribution in [0.5, 0.6) is 0 Å². The first-order valence-corrected chi connectivity index (χ1v) is 7.34. The number of nitrogens with one attached hydrogen (secondary N) is 2. The number of carbonyl (C=O) groups excluding carboxylic acids is 4. The zero-order chi connectivity index (χ0) is 14.0. The second kappa shape index (κ2) is 10.0. The van der Waals surface area contributed by atoms with Crippen molar-refractivity contribution in [2.75, 3.05) is 8.86 Å². The highest BCUT2D eigenvalue weighted by Gasteiger charge is 2.07. The first kappa shape index (κ1) is 17.1. The van der Waals surface area contributed by atoms with Crippen molar-refractivity contribution in [3.05, 3.63) is 12.4 Å². The molecule has 0 rings (SSSR count). The zero-order valence-electron chi connectivity index (χ0n) is 8.77. The Labute approximate surface area is 129 Å². The van der Waals surface area contributed by atoms with Crippen LogP contribution in [0.3, 0.4) is 0 Å². The third-order valence-electron chi connectivity index (χ3n) is 1.12. The van der Waals surface area contributed by atoms with Crippen molar-refractivity contribution in [1.82, 2.24) is 10.6 Å². The van der Waals surface area contributed by atoms with Crippen LogP contribution in [0, 0.1) is 0 Å². The SMILES string of the molecule is O=C(CI)OC(=O)N/C=C/NC(=O)OC(=O)CI. The Kier molecular flexibility index (Phi) is 9.53. The van der Waals surface area contributed by atoms with Crippen LogP contribution < -0.4 is 10.6 Å². The van der Waals surface area contributed by atoms with Crippen molar-refractivity contribution in [2.24, 2.45) is 0 Å². The van der Waals surface area contributed by atoms with Gasteiger partial charge in [0.05, 0.1) is 8.86 Å². The first-order chi connectivity index (χ1) is 8.49. The number of alkyl carbamates (subject to hydrolysis) is 2. The molecule has 100 valence electrons. The molecular formula is C8H8I2N2O6. The van der Waals surface area contributed by atoms with Gasteiger partial charge in [-0.1, -0.05) is 45.2 Å². The molecule has 0 aromatic rings. The number of hydrogen-bond donors (Lipinski definition) is 2. The number of ether oxygens (including phenoxy) is 2. The minimum Gasteiger partial charge on any atom is -0.375 e. The quantitative estimate of drug-likeness (QED) is 0.266. The standard InChI is InChI=1S/C8H8I2N2O6/c9-3-5(13)17-7(15)11-1-2-12-8(16)18-6(14)4-10/h1-2H,3-4H2,(H,11,15)(H,12,16)/b2-1+. The third-order valence-corrected chi connectivity index (χ3v) is 2.36. The van der Waals surface area contributed by atoms with E-state index in [-0.39, 0.29) is 8.86 Å². The van der Waals surface area contributed by atoms with Crippen molar-refractivity contribution in [3.8, 4) is 0 Å². The summed E-state index contributed by atoms with van der Waals surface area (Å²) in [6.45, 7) is 0. The molecule has 2 N–H and O–H groups in total. The molecule has 0 aromatic heterocycles. The predicted octanol–water partition coefficient (Wildman–Crippen LogP) is 0.833. The monoisotopic (exact) mass is 482 g/mol. The highest BCUT2D eigenvalue weighted by molar-refractivity contribution is 14.1. The second-order valence-electron chi connectivity index (χ2n) is 2.41. The molecule has 0 spiro atoms. The number of alkyl halides is 2. The van der Waals surface area contributed by atoms with Crippen molar-refractivity contribution in [3.63, 3.8) is 0 Å². The van der Waals surface area contributed by atoms with Gasteiger partial charge in [0.15, 0.2) is 0 Å². The molecule has 0 aromatic carbocycles. The lowest BCUT2D eigenvalue weighted by Crippen LogP contribution is -2.25. The Morgan fingerprint density at radius 2 is 1.17 bits per heavy atom. The fourth-order valence-corrected chi connectivity index (χ4v) is 0.851. The summed E-state index contributed by atoms with van der Waals surface area (Å²) in [6, 6.07) is 0. The van der Waals surface area contributed by atoms with E-state index in [0.29, 0.717) is 0 Å². The van der Waals surface area contributed by atoms with Crippen LogP contribution in [-0.4, -0.2) is 33.0 Å². The normalized spacial score (nSPS) is 9.67. The molecule has 0 saturated heterocycles. The Morgan fingerprint density at radius 1 is 0.833 bits per heavy atom. The topological polar surface area (TPSA) is 111 Å². The van der Waals surface area contributed by atoms with E-state index in [4.69, 9.17) is 0 Å². The summed E-state index contributed by atoms with van der Waals surface area (Å²) in [5, 5.41) is 4.10. The minimum absolute atomic E-state index is 0.0396. The largest absolute Gasteiger partial charge is 0.418 e. The number of esters is 2. The summed E-state index contributed by atoms with van der Waals surface area (Å²) in [5.74, 6) is -1.39. The van der Waals surface area contributed by atoms with E-state index in [1.807, 2.05) is 10.6 Å². The fourth-order valence-electron chi connectivity index (χ4n) is 0.540. The molecule has 8 nitrogen and oxygen atoms in total. The maximum Gasteiger partial charge on any atom is 0.418 e. The molecule has 0 unspecified atom stereocenters. The number of halogens is 2. The smallest absolute Gasteiger partial charge is 0.375 e. The molecule has 0 saturated carbocycles. The van der Waals surface area contributed by atoms with E-state index >= 15 is 0 Å². The summed E-state index contributed by atoms with van der Waals surface area (Å²) < 4.78 is 8.56.